The second-order valence-corrected chi connectivity index (χ2v) is 11.9. The molecule has 35 heavy (non-hydrogen) atoms. The predicted molar refractivity (Wildman–Crippen MR) is 152 cm³/mol. The molecule has 0 spiro atoms. The molecule has 0 aliphatic heterocycles. The van der Waals surface area contributed by atoms with Crippen LogP contribution in [-0.2, 0) is 14.6 Å². The van der Waals surface area contributed by atoms with Crippen molar-refractivity contribution >= 4 is 10.4 Å². The highest BCUT2D eigenvalue weighted by molar-refractivity contribution is 7.80. The van der Waals surface area contributed by atoms with Gasteiger partial charge in [-0.1, -0.05) is 180 Å². The van der Waals surface area contributed by atoms with Crippen molar-refractivity contribution in [3.05, 3.63) is 0 Å². The average molecular weight is 519 g/mol. The molecular weight excluding hydrogens is 456 g/mol. The third-order valence-corrected chi connectivity index (χ3v) is 7.69. The molecule has 0 saturated carbocycles. The van der Waals surface area contributed by atoms with Gasteiger partial charge in [0.2, 0.25) is 0 Å². The smallest absolute Gasteiger partial charge is 0.264 e. The lowest BCUT2D eigenvalue weighted by Gasteiger charge is -2.04. The molecule has 0 radical (unpaired) electrons. The van der Waals surface area contributed by atoms with Gasteiger partial charge in [0.1, 0.15) is 0 Å². The van der Waals surface area contributed by atoms with Gasteiger partial charge >= 0.3 is 10.4 Å². The van der Waals surface area contributed by atoms with Crippen LogP contribution in [0.25, 0.3) is 0 Å². The van der Waals surface area contributed by atoms with Crippen LogP contribution in [0.4, 0.5) is 0 Å². The van der Waals surface area contributed by atoms with Gasteiger partial charge in [-0.15, -0.1) is 0 Å². The molecule has 0 rings (SSSR count). The minimum absolute atomic E-state index is 0.0955. The van der Waals surface area contributed by atoms with Crippen LogP contribution in [0.15, 0.2) is 0 Å². The highest BCUT2D eigenvalue weighted by Crippen LogP contribution is 2.16. The van der Waals surface area contributed by atoms with Crippen molar-refractivity contribution in [1.29, 1.82) is 0 Å². The molecule has 0 aromatic carbocycles. The van der Waals surface area contributed by atoms with Crippen molar-refractivity contribution in [2.75, 3.05) is 6.61 Å². The van der Waals surface area contributed by atoms with Gasteiger partial charge in [-0.05, 0) is 6.42 Å². The van der Waals surface area contributed by atoms with Gasteiger partial charge in [0, 0.05) is 0 Å². The van der Waals surface area contributed by atoms with Gasteiger partial charge in [-0.2, -0.15) is 8.42 Å². The van der Waals surface area contributed by atoms with E-state index in [1.807, 2.05) is 0 Å². The van der Waals surface area contributed by atoms with Crippen LogP contribution in [0.2, 0.25) is 0 Å². The van der Waals surface area contributed by atoms with Crippen molar-refractivity contribution in [3.8, 4) is 0 Å². The monoisotopic (exact) mass is 518 g/mol. The van der Waals surface area contributed by atoms with Crippen molar-refractivity contribution in [3.63, 3.8) is 0 Å². The lowest BCUT2D eigenvalue weighted by Crippen LogP contribution is -2.04. The molecule has 0 aromatic heterocycles. The Kier molecular flexibility index (Phi) is 28.3. The molecule has 0 saturated heterocycles. The Labute approximate surface area is 220 Å². The Hall–Kier alpha value is -0.130. The first-order valence-corrected chi connectivity index (χ1v) is 17.0. The molecule has 0 aromatic rings. The van der Waals surface area contributed by atoms with Crippen LogP contribution < -0.4 is 0 Å². The number of rotatable bonds is 30. The van der Waals surface area contributed by atoms with Crippen molar-refractivity contribution < 1.29 is 17.2 Å². The van der Waals surface area contributed by atoms with E-state index in [1.165, 1.54) is 161 Å². The van der Waals surface area contributed by atoms with Gasteiger partial charge in [0.25, 0.3) is 0 Å². The molecule has 4 nitrogen and oxygen atoms in total. The molecule has 212 valence electrons. The fraction of sp³-hybridized carbons (Fsp3) is 1.00. The number of hydrogen-bond donors (Lipinski definition) is 1. The summed E-state index contributed by atoms with van der Waals surface area (Å²) in [6, 6.07) is 0. The summed E-state index contributed by atoms with van der Waals surface area (Å²) in [4.78, 5) is 0. The quantitative estimate of drug-likeness (QED) is 0.0758. The molecule has 0 aliphatic carbocycles. The molecule has 1 N–H and O–H groups in total. The molecule has 0 unspecified atom stereocenters. The summed E-state index contributed by atoms with van der Waals surface area (Å²) < 4.78 is 33.6. The summed E-state index contributed by atoms with van der Waals surface area (Å²) in [6.07, 6.45) is 38.2. The van der Waals surface area contributed by atoms with Gasteiger partial charge in [-0.3, -0.25) is 4.55 Å². The van der Waals surface area contributed by atoms with Crippen LogP contribution in [0.3, 0.4) is 0 Å². The number of unbranched alkanes of at least 4 members (excludes halogenated alkanes) is 27. The largest absolute Gasteiger partial charge is 0.397 e. The summed E-state index contributed by atoms with van der Waals surface area (Å²) in [7, 11) is -4.25. The first-order valence-electron chi connectivity index (χ1n) is 15.7. The Balaban J connectivity index is 3.04. The molecule has 5 heteroatoms. The Morgan fingerprint density at radius 3 is 0.800 bits per heavy atom. The Morgan fingerprint density at radius 2 is 0.600 bits per heavy atom. The first kappa shape index (κ1) is 34.9. The molecular formula is C30H62O4S. The molecule has 0 amide bonds. The number of hydrogen-bond acceptors (Lipinski definition) is 3. The van der Waals surface area contributed by atoms with E-state index in [2.05, 4.69) is 11.1 Å². The van der Waals surface area contributed by atoms with Crippen LogP contribution in [0, 0.1) is 0 Å². The second-order valence-electron chi connectivity index (χ2n) is 10.8. The zero-order valence-electron chi connectivity index (χ0n) is 23.6. The highest BCUT2D eigenvalue weighted by Gasteiger charge is 2.02. The molecule has 0 bridgehead atoms. The van der Waals surface area contributed by atoms with E-state index in [1.54, 1.807) is 0 Å². The topological polar surface area (TPSA) is 63.6 Å². The minimum Gasteiger partial charge on any atom is -0.264 e. The van der Waals surface area contributed by atoms with E-state index in [9.17, 15) is 8.42 Å². The van der Waals surface area contributed by atoms with Crippen molar-refractivity contribution in [2.45, 2.75) is 187 Å². The standard InChI is InChI=1S/C30H62O4S/c1-2-3-4-5-6-7-8-9-10-11-12-13-14-15-16-17-18-19-20-21-22-23-24-25-26-27-28-29-30-34-35(31,32)33/h2-30H2,1H3,(H,31,32,33). The Morgan fingerprint density at radius 1 is 0.400 bits per heavy atom. The van der Waals surface area contributed by atoms with Gasteiger partial charge in [-0.25, -0.2) is 4.18 Å². The predicted octanol–water partition coefficient (Wildman–Crippen LogP) is 10.7. The van der Waals surface area contributed by atoms with Gasteiger partial charge in [0.05, 0.1) is 6.61 Å². The van der Waals surface area contributed by atoms with E-state index in [-0.39, 0.29) is 6.61 Å². The second kappa shape index (κ2) is 28.4. The first-order chi connectivity index (χ1) is 17.1. The lowest BCUT2D eigenvalue weighted by atomic mass is 10.0. The van der Waals surface area contributed by atoms with E-state index in [4.69, 9.17) is 4.55 Å². The normalized spacial score (nSPS) is 11.9. The minimum atomic E-state index is -4.25. The summed E-state index contributed by atoms with van der Waals surface area (Å²) >= 11 is 0. The van der Waals surface area contributed by atoms with Crippen molar-refractivity contribution in [2.24, 2.45) is 0 Å². The molecule has 0 heterocycles. The van der Waals surface area contributed by atoms with Gasteiger partial charge < -0.3 is 0 Å². The summed E-state index contributed by atoms with van der Waals surface area (Å²) in [5, 5.41) is 0. The molecule has 0 aliphatic rings. The SMILES string of the molecule is CCCCCCCCCCCCCCCCCCCCCCCCCCCCCCOS(=O)(=O)O. The van der Waals surface area contributed by atoms with E-state index in [0.29, 0.717) is 6.42 Å². The van der Waals surface area contributed by atoms with Crippen LogP contribution in [0.1, 0.15) is 187 Å². The fourth-order valence-electron chi connectivity index (χ4n) is 4.94. The third-order valence-electron chi connectivity index (χ3n) is 7.23. The molecule has 0 atom stereocenters. The molecule has 0 fully saturated rings. The van der Waals surface area contributed by atoms with E-state index < -0.39 is 10.4 Å². The third kappa shape index (κ3) is 33.9. The van der Waals surface area contributed by atoms with E-state index >= 15 is 0 Å². The van der Waals surface area contributed by atoms with E-state index in [0.717, 1.165) is 12.8 Å². The van der Waals surface area contributed by atoms with Crippen LogP contribution in [-0.4, -0.2) is 19.6 Å². The zero-order chi connectivity index (χ0) is 25.7. The summed E-state index contributed by atoms with van der Waals surface area (Å²) in [5.41, 5.74) is 0. The fourth-order valence-corrected chi connectivity index (χ4v) is 5.26. The zero-order valence-corrected chi connectivity index (χ0v) is 24.4. The van der Waals surface area contributed by atoms with Crippen LogP contribution in [0.5, 0.6) is 0 Å². The van der Waals surface area contributed by atoms with Gasteiger partial charge in [0.15, 0.2) is 0 Å². The maximum absolute atomic E-state index is 10.4. The van der Waals surface area contributed by atoms with Crippen molar-refractivity contribution in [1.82, 2.24) is 0 Å². The lowest BCUT2D eigenvalue weighted by molar-refractivity contribution is 0.261. The maximum atomic E-state index is 10.4. The average Bonchev–Trinajstić information content (AvgIpc) is 2.82. The maximum Gasteiger partial charge on any atom is 0.397 e. The van der Waals surface area contributed by atoms with Crippen LogP contribution >= 0.6 is 0 Å². The Bertz CT molecular complexity index is 493. The summed E-state index contributed by atoms with van der Waals surface area (Å²) in [6.45, 7) is 2.39. The summed E-state index contributed by atoms with van der Waals surface area (Å²) in [5.74, 6) is 0. The highest BCUT2D eigenvalue weighted by atomic mass is 32.3.